The van der Waals surface area contributed by atoms with Crippen LogP contribution in [0.2, 0.25) is 5.02 Å². The van der Waals surface area contributed by atoms with Gasteiger partial charge in [0, 0.05) is 7.05 Å². The third-order valence-electron chi connectivity index (χ3n) is 2.02. The fraction of sp³-hybridized carbons (Fsp3) is 0.300. The molecule has 0 aromatic heterocycles. The highest BCUT2D eigenvalue weighted by atomic mass is 35.5. The van der Waals surface area contributed by atoms with Crippen LogP contribution in [0.15, 0.2) is 18.2 Å². The van der Waals surface area contributed by atoms with Crippen molar-refractivity contribution in [1.29, 1.82) is 0 Å². The average molecular weight is 268 g/mol. The van der Waals surface area contributed by atoms with Crippen LogP contribution in [0.4, 0.5) is 18.9 Å². The molecule has 0 unspecified atom stereocenters. The number of halogens is 4. The summed E-state index contributed by atoms with van der Waals surface area (Å²) in [5.41, 5.74) is -0.400. The zero-order valence-electron chi connectivity index (χ0n) is 8.75. The molecule has 0 fully saturated rings. The van der Waals surface area contributed by atoms with E-state index in [0.29, 0.717) is 0 Å². The van der Waals surface area contributed by atoms with Gasteiger partial charge >= 0.3 is 12.1 Å². The number of rotatable bonds is 3. The number of benzene rings is 1. The summed E-state index contributed by atoms with van der Waals surface area (Å²) in [4.78, 5) is 11.6. The van der Waals surface area contributed by atoms with E-state index in [-0.39, 0.29) is 16.3 Å². The summed E-state index contributed by atoms with van der Waals surface area (Å²) in [6, 6.07) is 3.92. The van der Waals surface area contributed by atoms with Crippen LogP contribution in [0.1, 0.15) is 10.4 Å². The van der Waals surface area contributed by atoms with E-state index in [2.05, 4.69) is 0 Å². The van der Waals surface area contributed by atoms with Crippen molar-refractivity contribution in [3.8, 4) is 0 Å². The Morgan fingerprint density at radius 2 is 2.06 bits per heavy atom. The smallest absolute Gasteiger partial charge is 0.405 e. The summed E-state index contributed by atoms with van der Waals surface area (Å²) >= 11 is 5.72. The minimum absolute atomic E-state index is 0.0309. The first-order valence-electron chi connectivity index (χ1n) is 4.52. The Kier molecular flexibility index (Phi) is 3.87. The summed E-state index contributed by atoms with van der Waals surface area (Å²) in [6.45, 7) is -1.27. The third kappa shape index (κ3) is 3.52. The zero-order valence-corrected chi connectivity index (χ0v) is 9.51. The highest BCUT2D eigenvalue weighted by molar-refractivity contribution is 6.34. The number of anilines is 1. The molecule has 0 aliphatic heterocycles. The van der Waals surface area contributed by atoms with Crippen molar-refractivity contribution in [2.45, 2.75) is 6.18 Å². The SMILES string of the molecule is CN(CC(F)(F)F)c1c(Cl)cccc1C(=O)O. The number of para-hydroxylation sites is 1. The van der Waals surface area contributed by atoms with E-state index in [1.807, 2.05) is 0 Å². The molecule has 0 atom stereocenters. The molecule has 1 N–H and O–H groups in total. The zero-order chi connectivity index (χ0) is 13.2. The normalized spacial score (nSPS) is 11.4. The van der Waals surface area contributed by atoms with Crippen LogP contribution in [-0.4, -0.2) is 30.8 Å². The van der Waals surface area contributed by atoms with Crippen molar-refractivity contribution >= 4 is 23.3 Å². The third-order valence-corrected chi connectivity index (χ3v) is 2.32. The fourth-order valence-electron chi connectivity index (χ4n) is 1.42. The standard InChI is InChI=1S/C10H9ClF3NO2/c1-15(5-10(12,13)14)8-6(9(16)17)3-2-4-7(8)11/h2-4H,5H2,1H3,(H,16,17). The van der Waals surface area contributed by atoms with Crippen molar-refractivity contribution in [2.24, 2.45) is 0 Å². The van der Waals surface area contributed by atoms with Gasteiger partial charge in [-0.15, -0.1) is 0 Å². The molecule has 0 radical (unpaired) electrons. The van der Waals surface area contributed by atoms with Gasteiger partial charge in [0.05, 0.1) is 16.3 Å². The van der Waals surface area contributed by atoms with Gasteiger partial charge < -0.3 is 10.0 Å². The minimum atomic E-state index is -4.43. The van der Waals surface area contributed by atoms with Gasteiger partial charge in [-0.25, -0.2) is 4.79 Å². The quantitative estimate of drug-likeness (QED) is 0.915. The highest BCUT2D eigenvalue weighted by Gasteiger charge is 2.31. The van der Waals surface area contributed by atoms with Gasteiger partial charge in [0.2, 0.25) is 0 Å². The maximum Gasteiger partial charge on any atom is 0.405 e. The van der Waals surface area contributed by atoms with Crippen molar-refractivity contribution < 1.29 is 23.1 Å². The van der Waals surface area contributed by atoms with Crippen LogP contribution in [0.5, 0.6) is 0 Å². The lowest BCUT2D eigenvalue weighted by Crippen LogP contribution is -2.32. The van der Waals surface area contributed by atoms with Gasteiger partial charge in [0.25, 0.3) is 0 Å². The summed E-state index contributed by atoms with van der Waals surface area (Å²) < 4.78 is 36.7. The molecule has 94 valence electrons. The lowest BCUT2D eigenvalue weighted by atomic mass is 10.1. The van der Waals surface area contributed by atoms with Crippen LogP contribution in [0.3, 0.4) is 0 Å². The first-order chi connectivity index (χ1) is 7.72. The van der Waals surface area contributed by atoms with Gasteiger partial charge in [0.1, 0.15) is 6.54 Å². The second-order valence-electron chi connectivity index (χ2n) is 3.41. The molecule has 0 aliphatic carbocycles. The van der Waals surface area contributed by atoms with Crippen LogP contribution in [0, 0.1) is 0 Å². The molecular formula is C10H9ClF3NO2. The van der Waals surface area contributed by atoms with Crippen molar-refractivity contribution in [2.75, 3.05) is 18.5 Å². The Balaban J connectivity index is 3.16. The van der Waals surface area contributed by atoms with Crippen molar-refractivity contribution in [3.05, 3.63) is 28.8 Å². The number of hydrogen-bond donors (Lipinski definition) is 1. The number of alkyl halides is 3. The highest BCUT2D eigenvalue weighted by Crippen LogP contribution is 2.31. The lowest BCUT2D eigenvalue weighted by Gasteiger charge is -2.23. The van der Waals surface area contributed by atoms with Crippen LogP contribution in [-0.2, 0) is 0 Å². The van der Waals surface area contributed by atoms with E-state index >= 15 is 0 Å². The largest absolute Gasteiger partial charge is 0.478 e. The summed E-state index contributed by atoms with van der Waals surface area (Å²) in [6.07, 6.45) is -4.43. The fourth-order valence-corrected chi connectivity index (χ4v) is 1.74. The summed E-state index contributed by atoms with van der Waals surface area (Å²) in [5, 5.41) is 8.84. The first kappa shape index (κ1) is 13.6. The van der Waals surface area contributed by atoms with E-state index in [0.717, 1.165) is 11.9 Å². The molecule has 1 aromatic carbocycles. The topological polar surface area (TPSA) is 40.5 Å². The second-order valence-corrected chi connectivity index (χ2v) is 3.82. The summed E-state index contributed by atoms with van der Waals surface area (Å²) in [7, 11) is 1.14. The van der Waals surface area contributed by atoms with E-state index in [4.69, 9.17) is 16.7 Å². The van der Waals surface area contributed by atoms with Gasteiger partial charge in [-0.1, -0.05) is 17.7 Å². The van der Waals surface area contributed by atoms with E-state index in [1.54, 1.807) is 0 Å². The predicted molar refractivity (Wildman–Crippen MR) is 57.7 cm³/mol. The molecule has 17 heavy (non-hydrogen) atoms. The Labute approximate surface area is 100 Å². The molecule has 0 saturated heterocycles. The minimum Gasteiger partial charge on any atom is -0.478 e. The van der Waals surface area contributed by atoms with Crippen LogP contribution >= 0.6 is 11.6 Å². The number of hydrogen-bond acceptors (Lipinski definition) is 2. The Morgan fingerprint density at radius 3 is 2.53 bits per heavy atom. The Morgan fingerprint density at radius 1 is 1.47 bits per heavy atom. The van der Waals surface area contributed by atoms with Gasteiger partial charge in [-0.2, -0.15) is 13.2 Å². The molecule has 0 saturated carbocycles. The van der Waals surface area contributed by atoms with Crippen molar-refractivity contribution in [1.82, 2.24) is 0 Å². The van der Waals surface area contributed by atoms with Crippen molar-refractivity contribution in [3.63, 3.8) is 0 Å². The monoisotopic (exact) mass is 267 g/mol. The number of carbonyl (C=O) groups is 1. The molecule has 1 aromatic rings. The van der Waals surface area contributed by atoms with Gasteiger partial charge in [-0.05, 0) is 12.1 Å². The molecule has 1 rings (SSSR count). The van der Waals surface area contributed by atoms with Gasteiger partial charge in [0.15, 0.2) is 0 Å². The maximum absolute atomic E-state index is 12.2. The van der Waals surface area contributed by atoms with Gasteiger partial charge in [-0.3, -0.25) is 0 Å². The molecule has 7 heteroatoms. The number of nitrogens with zero attached hydrogens (tertiary/aromatic N) is 1. The molecule has 3 nitrogen and oxygen atoms in total. The lowest BCUT2D eigenvalue weighted by molar-refractivity contribution is -0.119. The molecule has 0 aliphatic rings. The van der Waals surface area contributed by atoms with E-state index in [9.17, 15) is 18.0 Å². The van der Waals surface area contributed by atoms with Crippen LogP contribution < -0.4 is 4.90 Å². The Bertz CT molecular complexity index is 434. The molecule has 0 spiro atoms. The molecule has 0 heterocycles. The number of carboxylic acid groups (broad SMARTS) is 1. The van der Waals surface area contributed by atoms with E-state index < -0.39 is 18.7 Å². The molecule has 0 bridgehead atoms. The van der Waals surface area contributed by atoms with Crippen LogP contribution in [0.25, 0.3) is 0 Å². The second kappa shape index (κ2) is 4.83. The van der Waals surface area contributed by atoms with E-state index in [1.165, 1.54) is 18.2 Å². The predicted octanol–water partition coefficient (Wildman–Crippen LogP) is 3.04. The summed E-state index contributed by atoms with van der Waals surface area (Å²) in [5.74, 6) is -1.32. The first-order valence-corrected chi connectivity index (χ1v) is 4.90. The number of aromatic carboxylic acids is 1. The molecule has 0 amide bonds. The maximum atomic E-state index is 12.2. The Hall–Kier alpha value is -1.43. The number of carboxylic acids is 1. The molecular weight excluding hydrogens is 259 g/mol. The average Bonchev–Trinajstić information content (AvgIpc) is 2.13.